The molecule has 0 saturated heterocycles. The Hall–Kier alpha value is -4.38. The molecule has 1 aromatic carbocycles. The second-order valence-corrected chi connectivity index (χ2v) is 10.9. The predicted molar refractivity (Wildman–Crippen MR) is 141 cm³/mol. The minimum absolute atomic E-state index is 0.00861. The Morgan fingerprint density at radius 3 is 2.45 bits per heavy atom. The van der Waals surface area contributed by atoms with Crippen molar-refractivity contribution in [2.75, 3.05) is 12.3 Å². The minimum atomic E-state index is -3.79. The molecule has 4 aromatic rings. The molecular weight excluding hydrogens is 506 g/mol. The first-order valence-electron chi connectivity index (χ1n) is 12.2. The molecule has 0 atom stereocenters. The Balaban J connectivity index is 1.33. The number of nitrogens with zero attached hydrogens (tertiary/aromatic N) is 4. The van der Waals surface area contributed by atoms with Crippen LogP contribution in [0, 0.1) is 0 Å². The zero-order valence-corrected chi connectivity index (χ0v) is 21.2. The lowest BCUT2D eigenvalue weighted by atomic mass is 10.1. The third-order valence-electron chi connectivity index (χ3n) is 6.38. The van der Waals surface area contributed by atoms with Crippen molar-refractivity contribution in [3.05, 3.63) is 99.6 Å². The number of carbonyl (C=O) groups excluding carboxylic acids is 1. The monoisotopic (exact) mass is 531 g/mol. The van der Waals surface area contributed by atoms with Crippen molar-refractivity contribution in [2.45, 2.75) is 31.0 Å². The van der Waals surface area contributed by atoms with Crippen LogP contribution in [0.2, 0.25) is 0 Å². The highest BCUT2D eigenvalue weighted by atomic mass is 32.2. The molecule has 10 nitrogen and oxygen atoms in total. The fourth-order valence-corrected chi connectivity index (χ4v) is 6.25. The third-order valence-corrected chi connectivity index (χ3v) is 8.22. The van der Waals surface area contributed by atoms with Crippen LogP contribution in [0.25, 0.3) is 22.4 Å². The summed E-state index contributed by atoms with van der Waals surface area (Å²) in [6.45, 7) is 0.446. The van der Waals surface area contributed by atoms with Crippen LogP contribution >= 0.6 is 0 Å². The van der Waals surface area contributed by atoms with Crippen molar-refractivity contribution < 1.29 is 13.2 Å². The van der Waals surface area contributed by atoms with Gasteiger partial charge in [0.25, 0.3) is 11.5 Å². The molecule has 0 bridgehead atoms. The summed E-state index contributed by atoms with van der Waals surface area (Å²) in [6, 6.07) is 15.6. The van der Waals surface area contributed by atoms with Gasteiger partial charge in [0.1, 0.15) is 0 Å². The van der Waals surface area contributed by atoms with Gasteiger partial charge in [0, 0.05) is 43.8 Å². The Morgan fingerprint density at radius 2 is 1.74 bits per heavy atom. The van der Waals surface area contributed by atoms with Gasteiger partial charge in [-0.1, -0.05) is 30.3 Å². The molecule has 0 fully saturated rings. The van der Waals surface area contributed by atoms with Crippen LogP contribution in [0.3, 0.4) is 0 Å². The smallest absolute Gasteiger partial charge is 0.332 e. The van der Waals surface area contributed by atoms with Gasteiger partial charge in [-0.3, -0.25) is 28.7 Å². The molecule has 1 amide bonds. The molecule has 194 valence electrons. The van der Waals surface area contributed by atoms with E-state index in [-0.39, 0.29) is 41.9 Å². The molecule has 0 radical (unpaired) electrons. The first kappa shape index (κ1) is 25.3. The average Bonchev–Trinajstić information content (AvgIpc) is 2.94. The SMILES string of the molecule is O=C(NCCCn1c(=O)c(-c2ccccc2)c2n(c1=O)CCCS2(=O)=O)c1ccc(-c2ccncc2)nc1. The molecule has 0 aliphatic carbocycles. The Bertz CT molecular complexity index is 1700. The number of fused-ring (bicyclic) bond motifs is 1. The summed E-state index contributed by atoms with van der Waals surface area (Å²) in [4.78, 5) is 47.5. The summed E-state index contributed by atoms with van der Waals surface area (Å²) < 4.78 is 28.0. The fraction of sp³-hybridized carbons (Fsp3) is 0.222. The van der Waals surface area contributed by atoms with E-state index in [0.717, 1.165) is 10.1 Å². The highest BCUT2D eigenvalue weighted by Gasteiger charge is 2.32. The van der Waals surface area contributed by atoms with E-state index in [1.54, 1.807) is 54.9 Å². The third kappa shape index (κ3) is 4.92. The topological polar surface area (TPSA) is 133 Å². The van der Waals surface area contributed by atoms with Gasteiger partial charge in [0.2, 0.25) is 0 Å². The number of nitrogens with one attached hydrogen (secondary N) is 1. The lowest BCUT2D eigenvalue weighted by molar-refractivity contribution is 0.0952. The van der Waals surface area contributed by atoms with E-state index in [4.69, 9.17) is 0 Å². The van der Waals surface area contributed by atoms with Crippen molar-refractivity contribution in [1.29, 1.82) is 0 Å². The maximum atomic E-state index is 13.4. The lowest BCUT2D eigenvalue weighted by Crippen LogP contribution is -2.45. The van der Waals surface area contributed by atoms with Gasteiger partial charge in [0.05, 0.1) is 22.6 Å². The summed E-state index contributed by atoms with van der Waals surface area (Å²) in [6.07, 6.45) is 5.41. The van der Waals surface area contributed by atoms with Crippen molar-refractivity contribution >= 4 is 15.7 Å². The van der Waals surface area contributed by atoms with Crippen LogP contribution in [0.1, 0.15) is 23.2 Å². The quantitative estimate of drug-likeness (QED) is 0.285. The van der Waals surface area contributed by atoms with E-state index in [1.807, 2.05) is 12.1 Å². The number of carbonyl (C=O) groups is 1. The van der Waals surface area contributed by atoms with Gasteiger partial charge in [-0.2, -0.15) is 0 Å². The van der Waals surface area contributed by atoms with Crippen LogP contribution in [-0.4, -0.2) is 45.7 Å². The zero-order chi connectivity index (χ0) is 26.7. The van der Waals surface area contributed by atoms with Crippen molar-refractivity contribution in [3.63, 3.8) is 0 Å². The van der Waals surface area contributed by atoms with Crippen LogP contribution in [-0.2, 0) is 22.9 Å². The predicted octanol–water partition coefficient (Wildman–Crippen LogP) is 2.13. The van der Waals surface area contributed by atoms with E-state index in [2.05, 4.69) is 15.3 Å². The molecule has 1 N–H and O–H groups in total. The Morgan fingerprint density at radius 1 is 0.974 bits per heavy atom. The van der Waals surface area contributed by atoms with Crippen molar-refractivity contribution in [2.24, 2.45) is 0 Å². The second kappa shape index (κ2) is 10.5. The second-order valence-electron chi connectivity index (χ2n) is 8.89. The molecule has 11 heteroatoms. The van der Waals surface area contributed by atoms with Gasteiger partial charge in [-0.25, -0.2) is 13.2 Å². The van der Waals surface area contributed by atoms with E-state index in [9.17, 15) is 22.8 Å². The zero-order valence-electron chi connectivity index (χ0n) is 20.4. The van der Waals surface area contributed by atoms with Crippen LogP contribution < -0.4 is 16.6 Å². The maximum absolute atomic E-state index is 13.4. The van der Waals surface area contributed by atoms with Crippen LogP contribution in [0.5, 0.6) is 0 Å². The Labute approximate surface area is 218 Å². The highest BCUT2D eigenvalue weighted by Crippen LogP contribution is 2.27. The Kier molecular flexibility index (Phi) is 7.01. The molecule has 0 saturated carbocycles. The van der Waals surface area contributed by atoms with Crippen LogP contribution in [0.15, 0.2) is 87.8 Å². The molecule has 4 heterocycles. The number of rotatable bonds is 7. The highest BCUT2D eigenvalue weighted by molar-refractivity contribution is 7.91. The van der Waals surface area contributed by atoms with Crippen LogP contribution in [0.4, 0.5) is 0 Å². The van der Waals surface area contributed by atoms with Crippen molar-refractivity contribution in [1.82, 2.24) is 24.4 Å². The van der Waals surface area contributed by atoms with E-state index >= 15 is 0 Å². The number of aromatic nitrogens is 4. The van der Waals surface area contributed by atoms with E-state index < -0.39 is 21.1 Å². The number of hydrogen-bond donors (Lipinski definition) is 1. The summed E-state index contributed by atoms with van der Waals surface area (Å²) in [7, 11) is -3.79. The number of amides is 1. The first-order chi connectivity index (χ1) is 18.4. The summed E-state index contributed by atoms with van der Waals surface area (Å²) in [5, 5.41) is 2.57. The average molecular weight is 532 g/mol. The lowest BCUT2D eigenvalue weighted by Gasteiger charge is -2.23. The number of benzene rings is 1. The number of hydrogen-bond acceptors (Lipinski definition) is 7. The molecule has 3 aromatic heterocycles. The largest absolute Gasteiger partial charge is 0.352 e. The first-order valence-corrected chi connectivity index (χ1v) is 13.8. The molecular formula is C27H25N5O5S. The molecule has 0 unspecified atom stereocenters. The van der Waals surface area contributed by atoms with Gasteiger partial charge in [-0.15, -0.1) is 0 Å². The normalized spacial score (nSPS) is 14.0. The van der Waals surface area contributed by atoms with Gasteiger partial charge >= 0.3 is 5.69 Å². The molecule has 1 aliphatic heterocycles. The molecule has 0 spiro atoms. The molecule has 38 heavy (non-hydrogen) atoms. The van der Waals surface area contributed by atoms with Crippen molar-refractivity contribution in [3.8, 4) is 22.4 Å². The fourth-order valence-electron chi connectivity index (χ4n) is 4.52. The minimum Gasteiger partial charge on any atom is -0.352 e. The van der Waals surface area contributed by atoms with E-state index in [0.29, 0.717) is 29.7 Å². The standard InChI is InChI=1S/C27H25N5O5S/c33-24(21-8-9-22(30-18-21)19-10-13-28-14-11-19)29-12-4-15-31-25(34)23(20-6-2-1-3-7-20)26-32(27(31)35)16-5-17-38(26,36)37/h1-3,6-11,13-14,18H,4-5,12,15-17H2,(H,29,33). The number of sulfone groups is 1. The summed E-state index contributed by atoms with van der Waals surface area (Å²) in [5.74, 6) is -0.440. The van der Waals surface area contributed by atoms with Gasteiger partial charge < -0.3 is 5.32 Å². The summed E-state index contributed by atoms with van der Waals surface area (Å²) in [5.41, 5.74) is 1.12. The van der Waals surface area contributed by atoms with Gasteiger partial charge in [0.15, 0.2) is 14.9 Å². The van der Waals surface area contributed by atoms with Gasteiger partial charge in [-0.05, 0) is 42.7 Å². The number of pyridine rings is 2. The summed E-state index contributed by atoms with van der Waals surface area (Å²) >= 11 is 0. The molecule has 1 aliphatic rings. The van der Waals surface area contributed by atoms with E-state index in [1.165, 1.54) is 10.8 Å². The molecule has 5 rings (SSSR count). The maximum Gasteiger partial charge on any atom is 0.332 e.